The van der Waals surface area contributed by atoms with Gasteiger partial charge in [0, 0.05) is 7.05 Å². The summed E-state index contributed by atoms with van der Waals surface area (Å²) < 4.78 is 9.98. The van der Waals surface area contributed by atoms with Gasteiger partial charge >= 0.3 is 0 Å². The Morgan fingerprint density at radius 2 is 2.09 bits per heavy atom. The first-order valence-electron chi connectivity index (χ1n) is 7.24. The smallest absolute Gasteiger partial charge is 0.181 e. The summed E-state index contributed by atoms with van der Waals surface area (Å²) >= 11 is 0. The van der Waals surface area contributed by atoms with E-state index >= 15 is 0 Å². The van der Waals surface area contributed by atoms with Crippen LogP contribution < -0.4 is 11.1 Å². The van der Waals surface area contributed by atoms with Gasteiger partial charge in [-0.15, -0.1) is 12.8 Å². The van der Waals surface area contributed by atoms with E-state index in [1.54, 1.807) is 13.1 Å². The number of nitrogens with one attached hydrogen (secondary N) is 1. The molecule has 0 radical (unpaired) electrons. The third kappa shape index (κ3) is 8.78. The van der Waals surface area contributed by atoms with Crippen LogP contribution in [0.2, 0.25) is 0 Å². The fourth-order valence-corrected chi connectivity index (χ4v) is 1.49. The van der Waals surface area contributed by atoms with Crippen LogP contribution in [0.3, 0.4) is 0 Å². The van der Waals surface area contributed by atoms with E-state index in [0.29, 0.717) is 18.2 Å². The maximum atomic E-state index is 8.43. The second kappa shape index (κ2) is 14.8. The van der Waals surface area contributed by atoms with Crippen LogP contribution in [0.5, 0.6) is 0 Å². The zero-order chi connectivity index (χ0) is 18.3. The SMILES string of the molecule is C#C.C=Cc1c(N)ncnc1NC.CC.C[C@@H]1COC(CO)O1. The number of ether oxygens (including phenoxy) is 2. The summed E-state index contributed by atoms with van der Waals surface area (Å²) in [7, 11) is 1.77. The Labute approximate surface area is 138 Å². The fraction of sp³-hybridized carbons (Fsp3) is 0.500. The Hall–Kier alpha value is -2.14. The van der Waals surface area contributed by atoms with E-state index in [1.165, 1.54) is 6.33 Å². The van der Waals surface area contributed by atoms with Crippen molar-refractivity contribution in [2.24, 2.45) is 0 Å². The number of aromatic nitrogens is 2. The van der Waals surface area contributed by atoms with Crippen LogP contribution in [-0.2, 0) is 9.47 Å². The van der Waals surface area contributed by atoms with Crippen LogP contribution >= 0.6 is 0 Å². The number of terminal acetylenes is 1. The summed E-state index contributed by atoms with van der Waals surface area (Å²) in [4.78, 5) is 7.77. The minimum absolute atomic E-state index is 0.0374. The normalized spacial score (nSPS) is 18.0. The van der Waals surface area contributed by atoms with Gasteiger partial charge in [-0.25, -0.2) is 9.97 Å². The van der Waals surface area contributed by atoms with Crippen LogP contribution in [0.15, 0.2) is 12.9 Å². The molecular formula is C16H28N4O3. The topological polar surface area (TPSA) is 103 Å². The standard InChI is InChI=1S/C7H10N4.C5H10O3.C2H6.C2H2/c1-3-5-6(8)10-4-11-7(5)9-2;1-4-3-7-5(2-6)8-4;2*1-2/h3-4H,1H2,2H3,(H3,8,9,10,11);4-6H,2-3H2,1H3;1-2H3;1-2H/t;4-,5?;;/m.1../s1. The van der Waals surface area contributed by atoms with E-state index in [9.17, 15) is 0 Å². The van der Waals surface area contributed by atoms with Gasteiger partial charge in [0.05, 0.1) is 24.9 Å². The molecule has 1 fully saturated rings. The van der Waals surface area contributed by atoms with Gasteiger partial charge in [-0.05, 0) is 6.92 Å². The highest BCUT2D eigenvalue weighted by Gasteiger charge is 2.20. The van der Waals surface area contributed by atoms with E-state index in [-0.39, 0.29) is 19.0 Å². The number of hydrogen-bond donors (Lipinski definition) is 3. The summed E-state index contributed by atoms with van der Waals surface area (Å²) in [5, 5.41) is 11.3. The van der Waals surface area contributed by atoms with Gasteiger partial charge in [0.15, 0.2) is 6.29 Å². The highest BCUT2D eigenvalue weighted by atomic mass is 16.7. The van der Waals surface area contributed by atoms with Crippen molar-refractivity contribution in [1.29, 1.82) is 0 Å². The first kappa shape index (κ1) is 23.1. The summed E-state index contributed by atoms with van der Waals surface area (Å²) in [6.07, 6.45) is 10.8. The number of anilines is 2. The van der Waals surface area contributed by atoms with Crippen LogP contribution in [0, 0.1) is 12.8 Å². The Morgan fingerprint density at radius 1 is 1.48 bits per heavy atom. The van der Waals surface area contributed by atoms with Crippen molar-refractivity contribution in [3.8, 4) is 12.8 Å². The van der Waals surface area contributed by atoms with Crippen molar-refractivity contribution in [3.63, 3.8) is 0 Å². The van der Waals surface area contributed by atoms with Gasteiger partial charge < -0.3 is 25.6 Å². The second-order valence-corrected chi connectivity index (χ2v) is 3.87. The summed E-state index contributed by atoms with van der Waals surface area (Å²) in [6.45, 7) is 10.1. The quantitative estimate of drug-likeness (QED) is 0.728. The molecule has 1 aromatic heterocycles. The Balaban J connectivity index is 0. The average Bonchev–Trinajstić information content (AvgIpc) is 3.04. The first-order valence-corrected chi connectivity index (χ1v) is 7.24. The minimum atomic E-state index is -0.370. The van der Waals surface area contributed by atoms with Crippen molar-refractivity contribution in [2.75, 3.05) is 31.3 Å². The maximum Gasteiger partial charge on any atom is 0.181 e. The molecule has 0 saturated carbocycles. The van der Waals surface area contributed by atoms with E-state index in [0.717, 1.165) is 5.56 Å². The Kier molecular flexibility index (Phi) is 14.9. The molecule has 1 aliphatic heterocycles. The van der Waals surface area contributed by atoms with Crippen LogP contribution in [0.4, 0.5) is 11.6 Å². The summed E-state index contributed by atoms with van der Waals surface area (Å²) in [6, 6.07) is 0. The van der Waals surface area contributed by atoms with Crippen LogP contribution in [0.25, 0.3) is 6.08 Å². The van der Waals surface area contributed by atoms with Crippen molar-refractivity contribution >= 4 is 17.7 Å². The Bertz CT molecular complexity index is 452. The number of hydrogen-bond acceptors (Lipinski definition) is 7. The highest BCUT2D eigenvalue weighted by molar-refractivity contribution is 5.70. The predicted molar refractivity (Wildman–Crippen MR) is 94.7 cm³/mol. The number of rotatable bonds is 3. The molecule has 0 aliphatic carbocycles. The fourth-order valence-electron chi connectivity index (χ4n) is 1.49. The lowest BCUT2D eigenvalue weighted by Crippen LogP contribution is -2.13. The van der Waals surface area contributed by atoms with Crippen molar-refractivity contribution in [1.82, 2.24) is 9.97 Å². The number of nitrogens with zero attached hydrogens (tertiary/aromatic N) is 2. The minimum Gasteiger partial charge on any atom is -0.391 e. The molecule has 0 spiro atoms. The molecule has 130 valence electrons. The van der Waals surface area contributed by atoms with E-state index < -0.39 is 0 Å². The van der Waals surface area contributed by atoms with Gasteiger partial charge in [-0.1, -0.05) is 26.5 Å². The maximum absolute atomic E-state index is 8.43. The van der Waals surface area contributed by atoms with Crippen LogP contribution in [0.1, 0.15) is 26.3 Å². The van der Waals surface area contributed by atoms with E-state index in [2.05, 4.69) is 34.7 Å². The molecule has 0 aromatic carbocycles. The van der Waals surface area contributed by atoms with Gasteiger partial charge in [0.2, 0.25) is 0 Å². The molecule has 2 heterocycles. The monoisotopic (exact) mass is 324 g/mol. The molecule has 7 heteroatoms. The number of aliphatic hydroxyl groups excluding tert-OH is 1. The zero-order valence-electron chi connectivity index (χ0n) is 14.3. The van der Waals surface area contributed by atoms with Crippen LogP contribution in [-0.4, -0.2) is 47.7 Å². The average molecular weight is 324 g/mol. The molecule has 2 atom stereocenters. The molecule has 4 N–H and O–H groups in total. The summed E-state index contributed by atoms with van der Waals surface area (Å²) in [5.74, 6) is 1.15. The molecule has 0 bridgehead atoms. The lowest BCUT2D eigenvalue weighted by molar-refractivity contribution is -0.0853. The van der Waals surface area contributed by atoms with Gasteiger partial charge in [0.25, 0.3) is 0 Å². The zero-order valence-corrected chi connectivity index (χ0v) is 14.3. The van der Waals surface area contributed by atoms with Crippen molar-refractivity contribution in [2.45, 2.75) is 33.2 Å². The first-order chi connectivity index (χ1) is 11.1. The molecule has 0 amide bonds. The van der Waals surface area contributed by atoms with E-state index in [4.69, 9.17) is 20.3 Å². The molecule has 23 heavy (non-hydrogen) atoms. The number of nitrogen functional groups attached to an aromatic ring is 1. The second-order valence-electron chi connectivity index (χ2n) is 3.87. The van der Waals surface area contributed by atoms with E-state index in [1.807, 2.05) is 20.8 Å². The van der Waals surface area contributed by atoms with Crippen molar-refractivity contribution in [3.05, 3.63) is 18.5 Å². The molecule has 1 aliphatic rings. The Morgan fingerprint density at radius 3 is 2.39 bits per heavy atom. The van der Waals surface area contributed by atoms with Crippen molar-refractivity contribution < 1.29 is 14.6 Å². The summed E-state index contributed by atoms with van der Waals surface area (Å²) in [5.41, 5.74) is 6.29. The third-order valence-corrected chi connectivity index (χ3v) is 2.41. The highest BCUT2D eigenvalue weighted by Crippen LogP contribution is 2.16. The molecule has 1 aromatic rings. The third-order valence-electron chi connectivity index (χ3n) is 2.41. The molecule has 2 rings (SSSR count). The molecule has 1 unspecified atom stereocenters. The lowest BCUT2D eigenvalue weighted by atomic mass is 10.3. The number of nitrogens with two attached hydrogens (primary N) is 1. The van der Waals surface area contributed by atoms with Gasteiger partial charge in [0.1, 0.15) is 18.0 Å². The lowest BCUT2D eigenvalue weighted by Gasteiger charge is -2.04. The predicted octanol–water partition coefficient (Wildman–Crippen LogP) is 1.76. The number of aliphatic hydroxyl groups is 1. The molecule has 1 saturated heterocycles. The van der Waals surface area contributed by atoms with Gasteiger partial charge in [-0.2, -0.15) is 0 Å². The molecule has 7 nitrogen and oxygen atoms in total. The molecular weight excluding hydrogens is 296 g/mol. The largest absolute Gasteiger partial charge is 0.391 e. The van der Waals surface area contributed by atoms with Gasteiger partial charge in [-0.3, -0.25) is 0 Å².